The van der Waals surface area contributed by atoms with Gasteiger partial charge in [-0.25, -0.2) is 0 Å². The van der Waals surface area contributed by atoms with Crippen LogP contribution in [0.5, 0.6) is 0 Å². The number of aromatic nitrogens is 3. The highest BCUT2D eigenvalue weighted by molar-refractivity contribution is 8.00. The van der Waals surface area contributed by atoms with E-state index < -0.39 is 10.8 Å². The highest BCUT2D eigenvalue weighted by atomic mass is 32.2. The van der Waals surface area contributed by atoms with Crippen molar-refractivity contribution in [3.8, 4) is 11.3 Å². The summed E-state index contributed by atoms with van der Waals surface area (Å²) < 4.78 is 0. The van der Waals surface area contributed by atoms with Gasteiger partial charge in [0, 0.05) is 17.2 Å². The summed E-state index contributed by atoms with van der Waals surface area (Å²) in [5.41, 5.74) is 1.27. The first-order chi connectivity index (χ1) is 14.8. The third-order valence-corrected chi connectivity index (χ3v) is 5.31. The molecule has 1 unspecified atom stereocenters. The number of anilines is 2. The molecule has 0 aliphatic rings. The molecule has 3 N–H and O–H groups in total. The molecule has 0 aliphatic carbocycles. The number of nitrogens with one attached hydrogen (secondary N) is 3. The van der Waals surface area contributed by atoms with Gasteiger partial charge in [-0.2, -0.15) is 0 Å². The van der Waals surface area contributed by atoms with Crippen molar-refractivity contribution >= 4 is 35.0 Å². The Morgan fingerprint density at radius 3 is 2.26 bits per heavy atom. The van der Waals surface area contributed by atoms with Crippen molar-refractivity contribution in [1.82, 2.24) is 15.2 Å². The third kappa shape index (κ3) is 5.79. The van der Waals surface area contributed by atoms with E-state index in [0.29, 0.717) is 16.9 Å². The molecule has 9 heteroatoms. The number of H-pyrrole nitrogens is 1. The Hall–Kier alpha value is -3.46. The minimum Gasteiger partial charge on any atom is -0.325 e. The van der Waals surface area contributed by atoms with E-state index in [2.05, 4.69) is 25.8 Å². The molecule has 0 spiro atoms. The Morgan fingerprint density at radius 2 is 1.58 bits per heavy atom. The summed E-state index contributed by atoms with van der Waals surface area (Å²) in [6.45, 7) is 5.28. The van der Waals surface area contributed by atoms with Gasteiger partial charge in [0.15, 0.2) is 10.9 Å². The van der Waals surface area contributed by atoms with Crippen LogP contribution < -0.4 is 16.2 Å². The molecule has 0 fully saturated rings. The summed E-state index contributed by atoms with van der Waals surface area (Å²) >= 11 is 1.10. The lowest BCUT2D eigenvalue weighted by molar-refractivity contribution is -0.119. The highest BCUT2D eigenvalue weighted by Gasteiger charge is 2.19. The minimum absolute atomic E-state index is 0.0883. The number of thioether (sulfide) groups is 1. The predicted octanol–water partition coefficient (Wildman–Crippen LogP) is 3.55. The number of amides is 2. The lowest BCUT2D eigenvalue weighted by atomic mass is 10.1. The Labute approximate surface area is 183 Å². The summed E-state index contributed by atoms with van der Waals surface area (Å²) in [6.07, 6.45) is 0. The van der Waals surface area contributed by atoms with Crippen LogP contribution >= 0.6 is 11.8 Å². The maximum absolute atomic E-state index is 12.7. The third-order valence-electron chi connectivity index (χ3n) is 4.34. The summed E-state index contributed by atoms with van der Waals surface area (Å²) in [4.78, 5) is 39.8. The smallest absolute Gasteiger partial charge is 0.278 e. The zero-order valence-corrected chi connectivity index (χ0v) is 18.2. The number of hydrogen-bond acceptors (Lipinski definition) is 6. The number of carbonyl (C=O) groups is 2. The number of benzene rings is 2. The topological polar surface area (TPSA) is 117 Å². The molecule has 31 heavy (non-hydrogen) atoms. The Bertz CT molecular complexity index is 1130. The molecule has 0 bridgehead atoms. The molecular weight excluding hydrogens is 414 g/mol. The molecule has 0 saturated carbocycles. The molecule has 1 atom stereocenters. The van der Waals surface area contributed by atoms with Gasteiger partial charge in [0.05, 0.1) is 10.9 Å². The quantitative estimate of drug-likeness (QED) is 0.487. The zero-order valence-electron chi connectivity index (χ0n) is 17.4. The monoisotopic (exact) mass is 437 g/mol. The van der Waals surface area contributed by atoms with Crippen LogP contribution in [-0.2, 0) is 9.59 Å². The SMILES string of the molecule is CC(C)C(=O)Nc1ccccc1-c1nnc(SC(C)C(=O)Nc2ccccc2)[nH]c1=O. The van der Waals surface area contributed by atoms with Crippen molar-refractivity contribution < 1.29 is 9.59 Å². The summed E-state index contributed by atoms with van der Waals surface area (Å²) in [5, 5.41) is 13.5. The van der Waals surface area contributed by atoms with Crippen LogP contribution in [0.15, 0.2) is 64.5 Å². The molecule has 1 heterocycles. The maximum atomic E-state index is 12.7. The molecule has 3 aromatic rings. The first-order valence-corrected chi connectivity index (χ1v) is 10.6. The molecule has 1 aromatic heterocycles. The van der Waals surface area contributed by atoms with Gasteiger partial charge in [0.2, 0.25) is 11.8 Å². The zero-order chi connectivity index (χ0) is 22.4. The standard InChI is InChI=1S/C22H23N5O3S/c1-13(2)19(28)24-17-12-8-7-11-16(17)18-21(30)25-22(27-26-18)31-14(3)20(29)23-15-9-5-4-6-10-15/h4-14H,1-3H3,(H,23,29)(H,24,28)(H,25,27,30). The number of carbonyl (C=O) groups excluding carboxylic acids is 2. The Morgan fingerprint density at radius 1 is 0.903 bits per heavy atom. The van der Waals surface area contributed by atoms with Crippen molar-refractivity contribution in [3.63, 3.8) is 0 Å². The van der Waals surface area contributed by atoms with Gasteiger partial charge in [-0.15, -0.1) is 10.2 Å². The fraction of sp³-hybridized carbons (Fsp3) is 0.227. The first-order valence-electron chi connectivity index (χ1n) is 9.75. The van der Waals surface area contributed by atoms with E-state index >= 15 is 0 Å². The van der Waals surface area contributed by atoms with Gasteiger partial charge >= 0.3 is 0 Å². The van der Waals surface area contributed by atoms with Crippen LogP contribution in [-0.4, -0.2) is 32.2 Å². The summed E-state index contributed by atoms with van der Waals surface area (Å²) in [6, 6.07) is 16.0. The van der Waals surface area contributed by atoms with Crippen LogP contribution in [0.4, 0.5) is 11.4 Å². The largest absolute Gasteiger partial charge is 0.325 e. The fourth-order valence-corrected chi connectivity index (χ4v) is 3.35. The molecular formula is C22H23N5O3S. The van der Waals surface area contributed by atoms with Crippen molar-refractivity contribution in [2.75, 3.05) is 10.6 Å². The number of hydrogen-bond donors (Lipinski definition) is 3. The number of para-hydroxylation sites is 2. The summed E-state index contributed by atoms with van der Waals surface area (Å²) in [5.74, 6) is -0.591. The fourth-order valence-electron chi connectivity index (χ4n) is 2.61. The van der Waals surface area contributed by atoms with Gasteiger partial charge in [-0.3, -0.25) is 19.4 Å². The van der Waals surface area contributed by atoms with Crippen LogP contribution in [0, 0.1) is 5.92 Å². The second-order valence-electron chi connectivity index (χ2n) is 7.11. The van der Waals surface area contributed by atoms with Crippen molar-refractivity contribution in [2.24, 2.45) is 5.92 Å². The average Bonchev–Trinajstić information content (AvgIpc) is 2.75. The Balaban J connectivity index is 1.76. The van der Waals surface area contributed by atoms with E-state index in [4.69, 9.17) is 0 Å². The second kappa shape index (κ2) is 10.0. The molecule has 3 rings (SSSR count). The number of rotatable bonds is 7. The van der Waals surface area contributed by atoms with E-state index in [1.807, 2.05) is 18.2 Å². The van der Waals surface area contributed by atoms with Crippen molar-refractivity contribution in [2.45, 2.75) is 31.2 Å². The number of nitrogens with zero attached hydrogens (tertiary/aromatic N) is 2. The Kier molecular flexibility index (Phi) is 7.19. The first kappa shape index (κ1) is 22.2. The average molecular weight is 438 g/mol. The van der Waals surface area contributed by atoms with Crippen LogP contribution in [0.25, 0.3) is 11.3 Å². The molecule has 2 aromatic carbocycles. The normalized spacial score (nSPS) is 11.7. The van der Waals surface area contributed by atoms with Gasteiger partial charge < -0.3 is 10.6 Å². The molecule has 0 radical (unpaired) electrons. The molecule has 2 amide bonds. The molecule has 160 valence electrons. The highest BCUT2D eigenvalue weighted by Crippen LogP contribution is 2.25. The molecule has 0 saturated heterocycles. The van der Waals surface area contributed by atoms with Crippen molar-refractivity contribution in [1.29, 1.82) is 0 Å². The van der Waals surface area contributed by atoms with E-state index in [1.54, 1.807) is 57.2 Å². The van der Waals surface area contributed by atoms with E-state index in [-0.39, 0.29) is 28.6 Å². The van der Waals surface area contributed by atoms with Gasteiger partial charge in [0.1, 0.15) is 0 Å². The number of aromatic amines is 1. The van der Waals surface area contributed by atoms with Crippen molar-refractivity contribution in [3.05, 3.63) is 65.0 Å². The molecule has 0 aliphatic heterocycles. The minimum atomic E-state index is -0.506. The van der Waals surface area contributed by atoms with E-state index in [1.165, 1.54) is 0 Å². The summed E-state index contributed by atoms with van der Waals surface area (Å²) in [7, 11) is 0. The van der Waals surface area contributed by atoms with Crippen LogP contribution in [0.2, 0.25) is 0 Å². The second-order valence-corrected chi connectivity index (χ2v) is 8.44. The van der Waals surface area contributed by atoms with Gasteiger partial charge in [-0.05, 0) is 25.1 Å². The van der Waals surface area contributed by atoms with Gasteiger partial charge in [-0.1, -0.05) is 62.0 Å². The van der Waals surface area contributed by atoms with Gasteiger partial charge in [0.25, 0.3) is 5.56 Å². The van der Waals surface area contributed by atoms with Crippen LogP contribution in [0.3, 0.4) is 0 Å². The van der Waals surface area contributed by atoms with E-state index in [0.717, 1.165) is 11.8 Å². The maximum Gasteiger partial charge on any atom is 0.278 e. The lowest BCUT2D eigenvalue weighted by Crippen LogP contribution is -2.24. The lowest BCUT2D eigenvalue weighted by Gasteiger charge is -2.13. The predicted molar refractivity (Wildman–Crippen MR) is 122 cm³/mol. The molecule has 8 nitrogen and oxygen atoms in total. The van der Waals surface area contributed by atoms with E-state index in [9.17, 15) is 14.4 Å². The van der Waals surface area contributed by atoms with Crippen LogP contribution in [0.1, 0.15) is 20.8 Å².